The number of rotatable bonds is 2. The zero-order valence-electron chi connectivity index (χ0n) is 12.2. The Balaban J connectivity index is 3.11. The summed E-state index contributed by atoms with van der Waals surface area (Å²) >= 11 is 6.04. The van der Waals surface area contributed by atoms with Crippen molar-refractivity contribution in [3.8, 4) is 0 Å². The maximum Gasteiger partial charge on any atom is 0.0623 e. The highest BCUT2D eigenvalue weighted by Gasteiger charge is 2.36. The van der Waals surface area contributed by atoms with Gasteiger partial charge in [0.1, 0.15) is 0 Å². The summed E-state index contributed by atoms with van der Waals surface area (Å²) in [7, 11) is -0.577. The number of allylic oxidation sites excluding steroid dienone is 4. The van der Waals surface area contributed by atoms with Gasteiger partial charge < -0.3 is 0 Å². The first-order chi connectivity index (χ1) is 7.69. The summed E-state index contributed by atoms with van der Waals surface area (Å²) in [6.45, 7) is 15.9. The molecule has 1 aliphatic heterocycles. The third-order valence-electron chi connectivity index (χ3n) is 3.65. The van der Waals surface area contributed by atoms with Crippen LogP contribution in [0.15, 0.2) is 21.9 Å². The number of hydrogen-bond acceptors (Lipinski definition) is 0. The molecule has 96 valence electrons. The number of hydrogen-bond donors (Lipinski definition) is 0. The van der Waals surface area contributed by atoms with Crippen molar-refractivity contribution in [3.05, 3.63) is 21.9 Å². The fraction of sp³-hybridized carbons (Fsp3) is 0.667. The van der Waals surface area contributed by atoms with Crippen LogP contribution >= 0.6 is 11.6 Å². The Hall–Kier alpha value is -0.143. The molecular weight excluding hydrogens is 244 g/mol. The van der Waals surface area contributed by atoms with E-state index in [0.717, 1.165) is 0 Å². The summed E-state index contributed by atoms with van der Waals surface area (Å²) < 4.78 is 0. The standard InChI is InChI=1S/C15H25ClSi/c1-10(2)11(3)14-12(4)17(9-16)13(14)8-15(5,6)7/h9,13H,8H2,1-7H3/b17-9+. The van der Waals surface area contributed by atoms with E-state index in [4.69, 9.17) is 11.6 Å². The molecule has 17 heavy (non-hydrogen) atoms. The molecule has 0 amide bonds. The van der Waals surface area contributed by atoms with Crippen LogP contribution in [0.2, 0.25) is 5.54 Å². The third kappa shape index (κ3) is 3.20. The van der Waals surface area contributed by atoms with Crippen molar-refractivity contribution in [2.45, 2.75) is 60.4 Å². The van der Waals surface area contributed by atoms with Gasteiger partial charge in [0.25, 0.3) is 0 Å². The van der Waals surface area contributed by atoms with Gasteiger partial charge in [-0.2, -0.15) is 0 Å². The molecular formula is C15H25ClSi. The van der Waals surface area contributed by atoms with Crippen LogP contribution in [0.3, 0.4) is 0 Å². The van der Waals surface area contributed by atoms with Crippen LogP contribution in [0.1, 0.15) is 54.9 Å². The molecule has 0 saturated heterocycles. The lowest BCUT2D eigenvalue weighted by Gasteiger charge is -2.39. The lowest BCUT2D eigenvalue weighted by molar-refractivity contribution is 0.374. The summed E-state index contributed by atoms with van der Waals surface area (Å²) in [5, 5.41) is 3.52. The first-order valence-corrected chi connectivity index (χ1v) is 8.44. The van der Waals surface area contributed by atoms with Gasteiger partial charge in [0.05, 0.1) is 8.41 Å². The van der Waals surface area contributed by atoms with Gasteiger partial charge in [-0.15, -0.1) is 0 Å². The van der Waals surface area contributed by atoms with Crippen LogP contribution < -0.4 is 0 Å². The van der Waals surface area contributed by atoms with Crippen LogP contribution in [0.5, 0.6) is 0 Å². The minimum atomic E-state index is -0.577. The Morgan fingerprint density at radius 3 is 2.18 bits per heavy atom. The van der Waals surface area contributed by atoms with E-state index >= 15 is 0 Å². The number of halogens is 1. The molecule has 2 heteroatoms. The molecule has 1 heterocycles. The maximum absolute atomic E-state index is 6.04. The van der Waals surface area contributed by atoms with Gasteiger partial charge in [-0.25, -0.2) is 0 Å². The predicted octanol–water partition coefficient (Wildman–Crippen LogP) is 5.09. The molecule has 0 aliphatic carbocycles. The second kappa shape index (κ2) is 5.24. The van der Waals surface area contributed by atoms with E-state index in [1.807, 2.05) is 5.13 Å². The van der Waals surface area contributed by atoms with Gasteiger partial charge in [-0.3, -0.25) is 0 Å². The van der Waals surface area contributed by atoms with E-state index in [9.17, 15) is 0 Å². The first kappa shape index (κ1) is 14.9. The van der Waals surface area contributed by atoms with E-state index in [0.29, 0.717) is 11.0 Å². The molecule has 0 aromatic carbocycles. The van der Waals surface area contributed by atoms with Crippen LogP contribution in [0.25, 0.3) is 0 Å². The molecule has 1 aliphatic rings. The molecule has 0 aromatic heterocycles. The summed E-state index contributed by atoms with van der Waals surface area (Å²) in [6.07, 6.45) is 1.25. The average molecular weight is 269 g/mol. The van der Waals surface area contributed by atoms with Crippen LogP contribution in [-0.2, 0) is 0 Å². The van der Waals surface area contributed by atoms with Crippen LogP contribution in [0, 0.1) is 5.41 Å². The second-order valence-electron chi connectivity index (χ2n) is 6.55. The van der Waals surface area contributed by atoms with E-state index < -0.39 is 8.41 Å². The third-order valence-corrected chi connectivity index (χ3v) is 6.97. The highest BCUT2D eigenvalue weighted by molar-refractivity contribution is 6.92. The Morgan fingerprint density at radius 2 is 1.82 bits per heavy atom. The smallest absolute Gasteiger partial charge is 0.0623 e. The summed E-state index contributed by atoms with van der Waals surface area (Å²) in [5.74, 6) is 0. The SMILES string of the molecule is CC(C)=C(C)C1=C(C)/[Si](=C\Cl)C1CC(C)(C)C. The van der Waals surface area contributed by atoms with E-state index in [-0.39, 0.29) is 0 Å². The van der Waals surface area contributed by atoms with Crippen LogP contribution in [0.4, 0.5) is 0 Å². The Bertz CT molecular complexity index is 401. The molecule has 0 N–H and O–H groups in total. The van der Waals surface area contributed by atoms with Crippen molar-refractivity contribution in [3.63, 3.8) is 0 Å². The lowest BCUT2D eigenvalue weighted by Crippen LogP contribution is -2.33. The highest BCUT2D eigenvalue weighted by atomic mass is 35.5. The van der Waals surface area contributed by atoms with E-state index in [2.05, 4.69) is 48.5 Å². The van der Waals surface area contributed by atoms with Gasteiger partial charge in [-0.05, 0) is 61.3 Å². The monoisotopic (exact) mass is 268 g/mol. The maximum atomic E-state index is 6.04. The largest absolute Gasteiger partial charge is 0.0983 e. The molecule has 0 aromatic rings. The highest BCUT2D eigenvalue weighted by Crippen LogP contribution is 2.47. The molecule has 1 rings (SSSR count). The van der Waals surface area contributed by atoms with Crippen molar-refractivity contribution in [1.29, 1.82) is 0 Å². The van der Waals surface area contributed by atoms with Crippen molar-refractivity contribution >= 4 is 25.1 Å². The van der Waals surface area contributed by atoms with Crippen molar-refractivity contribution in [2.24, 2.45) is 5.41 Å². The van der Waals surface area contributed by atoms with Gasteiger partial charge >= 0.3 is 0 Å². The quantitative estimate of drug-likeness (QED) is 0.612. The average Bonchev–Trinajstić information content (AvgIpc) is 2.15. The molecule has 0 radical (unpaired) electrons. The lowest BCUT2D eigenvalue weighted by atomic mass is 9.85. The Morgan fingerprint density at radius 1 is 1.29 bits per heavy atom. The second-order valence-corrected chi connectivity index (χ2v) is 9.78. The summed E-state index contributed by atoms with van der Waals surface area (Å²) in [4.78, 5) is 0. The molecule has 0 saturated carbocycles. The first-order valence-electron chi connectivity index (χ1n) is 6.35. The zero-order valence-corrected chi connectivity index (χ0v) is 14.0. The van der Waals surface area contributed by atoms with Gasteiger partial charge in [0, 0.05) is 0 Å². The minimum absolute atomic E-state index is 0.383. The predicted molar refractivity (Wildman–Crippen MR) is 82.2 cm³/mol. The fourth-order valence-electron chi connectivity index (χ4n) is 2.55. The Kier molecular flexibility index (Phi) is 4.59. The zero-order chi connectivity index (χ0) is 13.4. The fourth-order valence-corrected chi connectivity index (χ4v) is 6.36. The molecule has 1 unspecified atom stereocenters. The molecule has 1 atom stereocenters. The van der Waals surface area contributed by atoms with Gasteiger partial charge in [0.2, 0.25) is 0 Å². The summed E-state index contributed by atoms with van der Waals surface area (Å²) in [6, 6.07) is 0. The molecule has 0 fully saturated rings. The normalized spacial score (nSPS) is 22.8. The summed E-state index contributed by atoms with van der Waals surface area (Å²) in [5.41, 5.74) is 5.63. The van der Waals surface area contributed by atoms with Gasteiger partial charge in [0.15, 0.2) is 0 Å². The molecule has 0 spiro atoms. The van der Waals surface area contributed by atoms with Crippen molar-refractivity contribution < 1.29 is 0 Å². The molecule has 0 bridgehead atoms. The van der Waals surface area contributed by atoms with E-state index in [1.54, 1.807) is 10.8 Å². The van der Waals surface area contributed by atoms with Crippen LogP contribution in [-0.4, -0.2) is 13.5 Å². The minimum Gasteiger partial charge on any atom is -0.0983 e. The van der Waals surface area contributed by atoms with Crippen molar-refractivity contribution in [1.82, 2.24) is 0 Å². The van der Waals surface area contributed by atoms with Gasteiger partial charge in [-0.1, -0.05) is 43.1 Å². The Labute approximate surface area is 113 Å². The van der Waals surface area contributed by atoms with Crippen molar-refractivity contribution in [2.75, 3.05) is 0 Å². The van der Waals surface area contributed by atoms with E-state index in [1.165, 1.54) is 17.6 Å². The molecule has 0 nitrogen and oxygen atoms in total. The topological polar surface area (TPSA) is 0 Å².